The summed E-state index contributed by atoms with van der Waals surface area (Å²) in [5.41, 5.74) is 0.647. The molecule has 0 atom stereocenters. The van der Waals surface area contributed by atoms with Gasteiger partial charge in [0.2, 0.25) is 0 Å². The fourth-order valence-electron chi connectivity index (χ4n) is 1.48. The minimum atomic E-state index is 0.0173. The van der Waals surface area contributed by atoms with E-state index in [4.69, 9.17) is 11.6 Å². The van der Waals surface area contributed by atoms with Crippen LogP contribution in [0.2, 0.25) is 0 Å². The van der Waals surface area contributed by atoms with E-state index < -0.39 is 0 Å². The molecule has 3 rings (SSSR count). The molecule has 0 amide bonds. The Balaban J connectivity index is 2.00. The van der Waals surface area contributed by atoms with Gasteiger partial charge in [-0.1, -0.05) is 0 Å². The lowest BCUT2D eigenvalue weighted by Crippen LogP contribution is -2.24. The summed E-state index contributed by atoms with van der Waals surface area (Å²) in [6.45, 7) is 0. The Morgan fingerprint density at radius 3 is 3.07 bits per heavy atom. The number of alkyl halides is 1. The van der Waals surface area contributed by atoms with Crippen molar-refractivity contribution in [1.29, 1.82) is 0 Å². The van der Waals surface area contributed by atoms with Crippen LogP contribution in [0.4, 0.5) is 5.82 Å². The lowest BCUT2D eigenvalue weighted by Gasteiger charge is -2.14. The number of halogens is 1. The van der Waals surface area contributed by atoms with E-state index in [-0.39, 0.29) is 5.54 Å². The number of aromatic nitrogens is 5. The zero-order valence-electron chi connectivity index (χ0n) is 7.89. The normalized spacial score (nSPS) is 17.9. The van der Waals surface area contributed by atoms with Crippen LogP contribution >= 0.6 is 11.6 Å². The van der Waals surface area contributed by atoms with Crippen LogP contribution in [0.3, 0.4) is 0 Å². The first-order chi connectivity index (χ1) is 7.33. The molecule has 78 valence electrons. The van der Waals surface area contributed by atoms with Crippen LogP contribution in [-0.2, 0) is 0 Å². The number of hydrogen-bond acceptors (Lipinski definition) is 5. The standard InChI is InChI=1S/C8H9ClN6/c9-5-8(1-2-8)11-6-3-10-4-7-12-13-14-15(6)7/h3-4,11H,1-2,5H2. The van der Waals surface area contributed by atoms with Crippen LogP contribution in [0.15, 0.2) is 12.4 Å². The summed E-state index contributed by atoms with van der Waals surface area (Å²) >= 11 is 5.89. The average Bonchev–Trinajstić information content (AvgIpc) is 2.87. The number of anilines is 1. The maximum absolute atomic E-state index is 5.89. The van der Waals surface area contributed by atoms with Gasteiger partial charge in [0.15, 0.2) is 11.5 Å². The number of hydrogen-bond donors (Lipinski definition) is 1. The molecule has 0 aliphatic heterocycles. The Labute approximate surface area is 90.6 Å². The van der Waals surface area contributed by atoms with Crippen molar-refractivity contribution in [2.24, 2.45) is 0 Å². The van der Waals surface area contributed by atoms with Gasteiger partial charge in [-0.05, 0) is 23.3 Å². The van der Waals surface area contributed by atoms with Crippen LogP contribution in [0, 0.1) is 0 Å². The van der Waals surface area contributed by atoms with E-state index in [2.05, 4.69) is 25.8 Å². The maximum atomic E-state index is 5.89. The number of nitrogens with one attached hydrogen (secondary N) is 1. The largest absolute Gasteiger partial charge is 0.362 e. The number of fused-ring (bicyclic) bond motifs is 1. The second kappa shape index (κ2) is 3.03. The van der Waals surface area contributed by atoms with Crippen molar-refractivity contribution in [3.8, 4) is 0 Å². The van der Waals surface area contributed by atoms with Gasteiger partial charge in [-0.25, -0.2) is 0 Å². The molecule has 0 radical (unpaired) electrons. The highest BCUT2D eigenvalue weighted by atomic mass is 35.5. The SMILES string of the molecule is ClCC1(Nc2cncc3nnnn23)CC1. The molecule has 1 N–H and O–H groups in total. The van der Waals surface area contributed by atoms with Gasteiger partial charge in [-0.3, -0.25) is 4.98 Å². The molecule has 0 spiro atoms. The van der Waals surface area contributed by atoms with Crippen molar-refractivity contribution in [1.82, 2.24) is 25.0 Å². The molecule has 2 aromatic heterocycles. The summed E-state index contributed by atoms with van der Waals surface area (Å²) in [4.78, 5) is 4.06. The second-order valence-electron chi connectivity index (χ2n) is 3.78. The lowest BCUT2D eigenvalue weighted by atomic mass is 10.3. The van der Waals surface area contributed by atoms with Crippen molar-refractivity contribution in [3.63, 3.8) is 0 Å². The zero-order chi connectivity index (χ0) is 10.3. The lowest BCUT2D eigenvalue weighted by molar-refractivity contribution is 0.779. The third kappa shape index (κ3) is 1.41. The molecule has 1 aliphatic rings. The molecule has 15 heavy (non-hydrogen) atoms. The Bertz CT molecular complexity index is 491. The summed E-state index contributed by atoms with van der Waals surface area (Å²) < 4.78 is 1.62. The molecule has 1 fully saturated rings. The quantitative estimate of drug-likeness (QED) is 0.778. The van der Waals surface area contributed by atoms with Gasteiger partial charge in [0.25, 0.3) is 0 Å². The highest BCUT2D eigenvalue weighted by Crippen LogP contribution is 2.39. The fourth-order valence-corrected chi connectivity index (χ4v) is 1.81. The summed E-state index contributed by atoms with van der Waals surface area (Å²) in [5.74, 6) is 1.38. The molecule has 6 nitrogen and oxygen atoms in total. The summed E-state index contributed by atoms with van der Waals surface area (Å²) in [7, 11) is 0. The maximum Gasteiger partial charge on any atom is 0.199 e. The molecule has 2 aromatic rings. The summed E-state index contributed by atoms with van der Waals surface area (Å²) in [6.07, 6.45) is 5.48. The molecular formula is C8H9ClN6. The van der Waals surface area contributed by atoms with E-state index in [1.165, 1.54) is 0 Å². The predicted octanol–water partition coefficient (Wildman–Crippen LogP) is 0.703. The van der Waals surface area contributed by atoms with E-state index >= 15 is 0 Å². The number of rotatable bonds is 3. The van der Waals surface area contributed by atoms with Crippen LogP contribution in [-0.4, -0.2) is 36.4 Å². The zero-order valence-corrected chi connectivity index (χ0v) is 8.65. The van der Waals surface area contributed by atoms with Gasteiger partial charge in [0.05, 0.1) is 17.9 Å². The highest BCUT2D eigenvalue weighted by Gasteiger charge is 2.42. The van der Waals surface area contributed by atoms with E-state index in [1.807, 2.05) is 0 Å². The first kappa shape index (κ1) is 8.84. The van der Waals surface area contributed by atoms with Gasteiger partial charge in [0.1, 0.15) is 0 Å². The second-order valence-corrected chi connectivity index (χ2v) is 4.05. The van der Waals surface area contributed by atoms with Gasteiger partial charge >= 0.3 is 0 Å². The average molecular weight is 225 g/mol. The van der Waals surface area contributed by atoms with Crippen molar-refractivity contribution in [3.05, 3.63) is 12.4 Å². The molecule has 1 aliphatic carbocycles. The van der Waals surface area contributed by atoms with Gasteiger partial charge in [-0.2, -0.15) is 4.52 Å². The molecule has 1 saturated carbocycles. The minimum Gasteiger partial charge on any atom is -0.362 e. The molecule has 0 saturated heterocycles. The molecule has 0 unspecified atom stereocenters. The Kier molecular flexibility index (Phi) is 1.79. The first-order valence-corrected chi connectivity index (χ1v) is 5.23. The minimum absolute atomic E-state index is 0.0173. The van der Waals surface area contributed by atoms with E-state index in [9.17, 15) is 0 Å². The topological polar surface area (TPSA) is 68.0 Å². The summed E-state index contributed by atoms with van der Waals surface area (Å²) in [5, 5.41) is 14.6. The smallest absolute Gasteiger partial charge is 0.199 e. The molecule has 7 heteroatoms. The van der Waals surface area contributed by atoms with E-state index in [0.29, 0.717) is 11.5 Å². The van der Waals surface area contributed by atoms with Gasteiger partial charge in [0, 0.05) is 5.88 Å². The number of tetrazole rings is 1. The summed E-state index contributed by atoms with van der Waals surface area (Å²) in [6, 6.07) is 0. The van der Waals surface area contributed by atoms with Crippen LogP contribution in [0.5, 0.6) is 0 Å². The Morgan fingerprint density at radius 2 is 2.33 bits per heavy atom. The Hall–Kier alpha value is -1.43. The van der Waals surface area contributed by atoms with Crippen LogP contribution in [0.25, 0.3) is 5.65 Å². The highest BCUT2D eigenvalue weighted by molar-refractivity contribution is 6.19. The van der Waals surface area contributed by atoms with Gasteiger partial charge in [-0.15, -0.1) is 16.7 Å². The van der Waals surface area contributed by atoms with Crippen molar-refractivity contribution >= 4 is 23.1 Å². The fraction of sp³-hybridized carbons (Fsp3) is 0.500. The van der Waals surface area contributed by atoms with E-state index in [0.717, 1.165) is 18.7 Å². The van der Waals surface area contributed by atoms with E-state index in [1.54, 1.807) is 16.9 Å². The predicted molar refractivity (Wildman–Crippen MR) is 54.9 cm³/mol. The third-order valence-electron chi connectivity index (χ3n) is 2.61. The van der Waals surface area contributed by atoms with Crippen LogP contribution < -0.4 is 5.32 Å². The monoisotopic (exact) mass is 224 g/mol. The third-order valence-corrected chi connectivity index (χ3v) is 3.12. The Morgan fingerprint density at radius 1 is 1.47 bits per heavy atom. The first-order valence-electron chi connectivity index (χ1n) is 4.69. The van der Waals surface area contributed by atoms with Gasteiger partial charge < -0.3 is 5.32 Å². The molecule has 0 aromatic carbocycles. The van der Waals surface area contributed by atoms with Crippen LogP contribution in [0.1, 0.15) is 12.8 Å². The molecular weight excluding hydrogens is 216 g/mol. The number of nitrogens with zero attached hydrogens (tertiary/aromatic N) is 5. The molecule has 2 heterocycles. The van der Waals surface area contributed by atoms with Crippen molar-refractivity contribution < 1.29 is 0 Å². The van der Waals surface area contributed by atoms with Crippen molar-refractivity contribution in [2.75, 3.05) is 11.2 Å². The van der Waals surface area contributed by atoms with Crippen molar-refractivity contribution in [2.45, 2.75) is 18.4 Å². The molecule has 0 bridgehead atoms.